The fraction of sp³-hybridized carbons (Fsp3) is 0.529. The van der Waals surface area contributed by atoms with Gasteiger partial charge in [0.15, 0.2) is 0 Å². The van der Waals surface area contributed by atoms with Gasteiger partial charge in [-0.3, -0.25) is 9.59 Å². The zero-order chi connectivity index (χ0) is 15.4. The van der Waals surface area contributed by atoms with Crippen molar-refractivity contribution >= 4 is 11.7 Å². The van der Waals surface area contributed by atoms with E-state index in [9.17, 15) is 9.59 Å². The molecule has 1 aromatic rings. The minimum Gasteiger partial charge on any atom is -0.496 e. The van der Waals surface area contributed by atoms with Gasteiger partial charge in [0.25, 0.3) is 5.91 Å². The molecular weight excluding hydrogens is 266 g/mol. The Labute approximate surface area is 126 Å². The predicted octanol–water partition coefficient (Wildman–Crippen LogP) is 2.83. The Morgan fingerprint density at radius 3 is 2.52 bits per heavy atom. The number of piperidine rings is 1. The van der Waals surface area contributed by atoms with E-state index in [0.29, 0.717) is 36.6 Å². The lowest BCUT2D eigenvalue weighted by Crippen LogP contribution is -2.40. The normalized spacial score (nSPS) is 15.9. The molecule has 1 fully saturated rings. The van der Waals surface area contributed by atoms with Crippen molar-refractivity contribution in [3.8, 4) is 5.75 Å². The first-order valence-electron chi connectivity index (χ1n) is 7.53. The number of carbonyl (C=O) groups excluding carboxylic acids is 2. The highest BCUT2D eigenvalue weighted by Gasteiger charge is 2.28. The van der Waals surface area contributed by atoms with Crippen LogP contribution in [0.3, 0.4) is 0 Å². The van der Waals surface area contributed by atoms with E-state index in [1.807, 2.05) is 36.9 Å². The number of ketones is 1. The highest BCUT2D eigenvalue weighted by atomic mass is 16.5. The van der Waals surface area contributed by atoms with Crippen LogP contribution >= 0.6 is 0 Å². The molecule has 1 heterocycles. The van der Waals surface area contributed by atoms with Gasteiger partial charge >= 0.3 is 0 Å². The molecule has 0 aliphatic carbocycles. The van der Waals surface area contributed by atoms with Crippen molar-refractivity contribution in [3.63, 3.8) is 0 Å². The Hall–Kier alpha value is -1.84. The summed E-state index contributed by atoms with van der Waals surface area (Å²) in [6, 6.07) is 5.63. The van der Waals surface area contributed by atoms with Crippen molar-refractivity contribution in [3.05, 3.63) is 29.3 Å². The van der Waals surface area contributed by atoms with Gasteiger partial charge in [-0.1, -0.05) is 18.6 Å². The van der Waals surface area contributed by atoms with Crippen LogP contribution in [0.2, 0.25) is 0 Å². The molecule has 1 saturated heterocycles. The number of benzene rings is 1. The number of carbonyl (C=O) groups is 2. The number of likely N-dealkylation sites (tertiary alicyclic amines) is 1. The molecule has 1 aliphatic heterocycles. The summed E-state index contributed by atoms with van der Waals surface area (Å²) in [4.78, 5) is 26.2. The molecule has 1 aliphatic rings. The molecule has 0 radical (unpaired) electrons. The molecule has 4 nitrogen and oxygen atoms in total. The van der Waals surface area contributed by atoms with Crippen LogP contribution in [0.4, 0.5) is 0 Å². The van der Waals surface area contributed by atoms with Crippen LogP contribution in [-0.4, -0.2) is 36.8 Å². The number of methoxy groups -OCH3 is 1. The molecule has 4 heteroatoms. The van der Waals surface area contributed by atoms with E-state index < -0.39 is 0 Å². The Morgan fingerprint density at radius 1 is 1.29 bits per heavy atom. The van der Waals surface area contributed by atoms with Crippen LogP contribution in [0.25, 0.3) is 0 Å². The fourth-order valence-electron chi connectivity index (χ4n) is 2.85. The van der Waals surface area contributed by atoms with Crippen molar-refractivity contribution in [2.24, 2.45) is 5.92 Å². The number of rotatable bonds is 4. The maximum Gasteiger partial charge on any atom is 0.257 e. The standard InChI is InChI=1S/C17H23NO3/c1-4-15(19)13-7-9-18(10-8-13)17(20)14-11-12(2)5-6-16(14)21-3/h5-6,11,13H,4,7-10H2,1-3H3. The molecule has 0 N–H and O–H groups in total. The van der Waals surface area contributed by atoms with Gasteiger partial charge in [0.1, 0.15) is 11.5 Å². The summed E-state index contributed by atoms with van der Waals surface area (Å²) >= 11 is 0. The first-order valence-corrected chi connectivity index (χ1v) is 7.53. The Morgan fingerprint density at radius 2 is 1.95 bits per heavy atom. The van der Waals surface area contributed by atoms with Gasteiger partial charge in [-0.05, 0) is 31.9 Å². The van der Waals surface area contributed by atoms with Crippen LogP contribution in [0.1, 0.15) is 42.1 Å². The topological polar surface area (TPSA) is 46.6 Å². The number of aryl methyl sites for hydroxylation is 1. The van der Waals surface area contributed by atoms with Gasteiger partial charge in [0.2, 0.25) is 0 Å². The van der Waals surface area contributed by atoms with Gasteiger partial charge in [-0.2, -0.15) is 0 Å². The Balaban J connectivity index is 2.09. The van der Waals surface area contributed by atoms with E-state index in [1.165, 1.54) is 0 Å². The van der Waals surface area contributed by atoms with Crippen molar-refractivity contribution in [1.29, 1.82) is 0 Å². The first-order chi connectivity index (χ1) is 10.1. The highest BCUT2D eigenvalue weighted by Crippen LogP contribution is 2.25. The smallest absolute Gasteiger partial charge is 0.257 e. The van der Waals surface area contributed by atoms with E-state index in [1.54, 1.807) is 7.11 Å². The molecule has 114 valence electrons. The lowest BCUT2D eigenvalue weighted by Gasteiger charge is -2.31. The van der Waals surface area contributed by atoms with E-state index >= 15 is 0 Å². The summed E-state index contributed by atoms with van der Waals surface area (Å²) in [7, 11) is 1.58. The van der Waals surface area contributed by atoms with Crippen LogP contribution in [-0.2, 0) is 4.79 Å². The third kappa shape index (κ3) is 3.43. The number of nitrogens with zero attached hydrogens (tertiary/aromatic N) is 1. The fourth-order valence-corrected chi connectivity index (χ4v) is 2.85. The molecule has 2 rings (SSSR count). The van der Waals surface area contributed by atoms with E-state index in [-0.39, 0.29) is 11.8 Å². The van der Waals surface area contributed by atoms with Gasteiger partial charge in [-0.25, -0.2) is 0 Å². The summed E-state index contributed by atoms with van der Waals surface area (Å²) < 4.78 is 5.29. The third-order valence-corrected chi connectivity index (χ3v) is 4.17. The van der Waals surface area contributed by atoms with Crippen LogP contribution < -0.4 is 4.74 Å². The lowest BCUT2D eigenvalue weighted by molar-refractivity contribution is -0.123. The summed E-state index contributed by atoms with van der Waals surface area (Å²) in [5, 5.41) is 0. The molecule has 0 bridgehead atoms. The quantitative estimate of drug-likeness (QED) is 0.856. The second kappa shape index (κ2) is 6.74. The number of amides is 1. The van der Waals surface area contributed by atoms with E-state index in [4.69, 9.17) is 4.74 Å². The van der Waals surface area contributed by atoms with Crippen LogP contribution in [0, 0.1) is 12.8 Å². The molecule has 0 spiro atoms. The van der Waals surface area contributed by atoms with Gasteiger partial charge < -0.3 is 9.64 Å². The van der Waals surface area contributed by atoms with E-state index in [0.717, 1.165) is 18.4 Å². The lowest BCUT2D eigenvalue weighted by atomic mass is 9.91. The molecule has 0 aromatic heterocycles. The summed E-state index contributed by atoms with van der Waals surface area (Å²) in [6.45, 7) is 5.15. The first kappa shape index (κ1) is 15.5. The Bertz CT molecular complexity index is 531. The summed E-state index contributed by atoms with van der Waals surface area (Å²) in [5.41, 5.74) is 1.65. The molecular formula is C17H23NO3. The number of hydrogen-bond acceptors (Lipinski definition) is 3. The molecule has 21 heavy (non-hydrogen) atoms. The van der Waals surface area contributed by atoms with E-state index in [2.05, 4.69) is 0 Å². The zero-order valence-corrected chi connectivity index (χ0v) is 13.0. The Kier molecular flexibility index (Phi) is 4.99. The largest absolute Gasteiger partial charge is 0.496 e. The molecule has 0 unspecified atom stereocenters. The van der Waals surface area contributed by atoms with Gasteiger partial charge in [0, 0.05) is 25.4 Å². The van der Waals surface area contributed by atoms with Crippen molar-refractivity contribution in [1.82, 2.24) is 4.90 Å². The molecule has 0 atom stereocenters. The maximum absolute atomic E-state index is 12.6. The maximum atomic E-state index is 12.6. The summed E-state index contributed by atoms with van der Waals surface area (Å²) in [5.74, 6) is 1.05. The third-order valence-electron chi connectivity index (χ3n) is 4.17. The number of ether oxygens (including phenoxy) is 1. The molecule has 1 amide bonds. The number of Topliss-reactive ketones (excluding diaryl/α,β-unsaturated/α-hetero) is 1. The average Bonchev–Trinajstić information content (AvgIpc) is 2.53. The predicted molar refractivity (Wildman–Crippen MR) is 81.7 cm³/mol. The SMILES string of the molecule is CCC(=O)C1CCN(C(=O)c2cc(C)ccc2OC)CC1. The second-order valence-corrected chi connectivity index (χ2v) is 5.59. The van der Waals surface area contributed by atoms with Crippen molar-refractivity contribution in [2.45, 2.75) is 33.1 Å². The number of hydrogen-bond donors (Lipinski definition) is 0. The molecule has 1 aromatic carbocycles. The summed E-state index contributed by atoms with van der Waals surface area (Å²) in [6.07, 6.45) is 2.13. The van der Waals surface area contributed by atoms with Crippen molar-refractivity contribution in [2.75, 3.05) is 20.2 Å². The highest BCUT2D eigenvalue weighted by molar-refractivity contribution is 5.97. The minimum absolute atomic E-state index is 0.00190. The van der Waals surface area contributed by atoms with Crippen LogP contribution in [0.15, 0.2) is 18.2 Å². The monoisotopic (exact) mass is 289 g/mol. The van der Waals surface area contributed by atoms with Gasteiger partial charge in [-0.15, -0.1) is 0 Å². The second-order valence-electron chi connectivity index (χ2n) is 5.59. The average molecular weight is 289 g/mol. The van der Waals surface area contributed by atoms with Crippen LogP contribution in [0.5, 0.6) is 5.75 Å². The van der Waals surface area contributed by atoms with Gasteiger partial charge in [0.05, 0.1) is 12.7 Å². The minimum atomic E-state index is -0.00190. The van der Waals surface area contributed by atoms with Crippen molar-refractivity contribution < 1.29 is 14.3 Å². The zero-order valence-electron chi connectivity index (χ0n) is 13.0. The molecule has 0 saturated carbocycles.